The summed E-state index contributed by atoms with van der Waals surface area (Å²) in [6.45, 7) is 6.98. The number of hydrogen-bond acceptors (Lipinski definition) is 5. The predicted molar refractivity (Wildman–Crippen MR) is 87.0 cm³/mol. The molecule has 0 aliphatic carbocycles. The number of esters is 1. The van der Waals surface area contributed by atoms with Gasteiger partial charge in [-0.2, -0.15) is 0 Å². The van der Waals surface area contributed by atoms with Crippen molar-refractivity contribution >= 4 is 23.8 Å². The SMILES string of the molecule is CCCC1(CCC)NC(=O)N(CC(=O)O[C@@H](C)C(=O)NCC)C1=O. The van der Waals surface area contributed by atoms with Crippen molar-refractivity contribution in [2.45, 2.75) is 65.0 Å². The molecule has 0 aromatic heterocycles. The standard InChI is InChI=1S/C16H27N3O5/c1-5-8-16(9-6-2)14(22)19(15(23)18-16)10-12(20)24-11(4)13(21)17-7-3/h11H,5-10H2,1-4H3,(H,17,21)(H,18,23)/t11-/m0/s1. The second-order valence-electron chi connectivity index (χ2n) is 5.93. The van der Waals surface area contributed by atoms with Gasteiger partial charge >= 0.3 is 12.0 Å². The Hall–Kier alpha value is -2.12. The van der Waals surface area contributed by atoms with E-state index in [9.17, 15) is 19.2 Å². The van der Waals surface area contributed by atoms with E-state index in [0.717, 1.165) is 17.7 Å². The summed E-state index contributed by atoms with van der Waals surface area (Å²) in [5, 5.41) is 5.25. The van der Waals surface area contributed by atoms with Crippen molar-refractivity contribution < 1.29 is 23.9 Å². The van der Waals surface area contributed by atoms with Crippen molar-refractivity contribution in [1.29, 1.82) is 0 Å². The normalized spacial score (nSPS) is 17.4. The Morgan fingerprint density at radius 2 is 1.79 bits per heavy atom. The van der Waals surface area contributed by atoms with E-state index in [1.165, 1.54) is 6.92 Å². The topological polar surface area (TPSA) is 105 Å². The molecule has 1 heterocycles. The molecule has 0 bridgehead atoms. The van der Waals surface area contributed by atoms with Gasteiger partial charge in [0.05, 0.1) is 0 Å². The maximum atomic E-state index is 12.6. The van der Waals surface area contributed by atoms with Gasteiger partial charge in [-0.25, -0.2) is 4.79 Å². The molecule has 136 valence electrons. The molecule has 1 aliphatic rings. The van der Waals surface area contributed by atoms with Crippen LogP contribution in [0.4, 0.5) is 4.79 Å². The largest absolute Gasteiger partial charge is 0.451 e. The minimum atomic E-state index is -0.978. The average Bonchev–Trinajstić information content (AvgIpc) is 2.72. The average molecular weight is 341 g/mol. The minimum absolute atomic E-state index is 0.404. The molecule has 0 aromatic carbocycles. The van der Waals surface area contributed by atoms with Crippen molar-refractivity contribution in [3.8, 4) is 0 Å². The van der Waals surface area contributed by atoms with Crippen molar-refractivity contribution in [3.05, 3.63) is 0 Å². The molecular formula is C16H27N3O5. The number of amides is 4. The lowest BCUT2D eigenvalue weighted by molar-refractivity contribution is -0.156. The number of nitrogens with one attached hydrogen (secondary N) is 2. The number of carbonyl (C=O) groups is 4. The van der Waals surface area contributed by atoms with E-state index in [0.29, 0.717) is 19.4 Å². The predicted octanol–water partition coefficient (Wildman–Crippen LogP) is 0.945. The van der Waals surface area contributed by atoms with Crippen molar-refractivity contribution in [2.24, 2.45) is 0 Å². The smallest absolute Gasteiger partial charge is 0.327 e. The zero-order valence-corrected chi connectivity index (χ0v) is 14.8. The third-order valence-corrected chi connectivity index (χ3v) is 3.92. The van der Waals surface area contributed by atoms with Crippen LogP contribution in [-0.4, -0.2) is 53.4 Å². The van der Waals surface area contributed by atoms with Crippen LogP contribution in [-0.2, 0) is 19.1 Å². The monoisotopic (exact) mass is 341 g/mol. The molecule has 1 aliphatic heterocycles. The number of rotatable bonds is 9. The van der Waals surface area contributed by atoms with Crippen molar-refractivity contribution in [2.75, 3.05) is 13.1 Å². The molecule has 0 spiro atoms. The number of likely N-dealkylation sites (N-methyl/N-ethyl adjacent to an activating group) is 1. The van der Waals surface area contributed by atoms with Crippen LogP contribution in [0.15, 0.2) is 0 Å². The maximum absolute atomic E-state index is 12.6. The van der Waals surface area contributed by atoms with Gasteiger partial charge in [0.2, 0.25) is 0 Å². The van der Waals surface area contributed by atoms with Gasteiger partial charge in [-0.05, 0) is 26.7 Å². The molecule has 1 fully saturated rings. The molecule has 1 rings (SSSR count). The van der Waals surface area contributed by atoms with Crippen LogP contribution in [0.5, 0.6) is 0 Å². The zero-order valence-electron chi connectivity index (χ0n) is 14.8. The van der Waals surface area contributed by atoms with E-state index in [4.69, 9.17) is 4.74 Å². The van der Waals surface area contributed by atoms with Gasteiger partial charge < -0.3 is 15.4 Å². The lowest BCUT2D eigenvalue weighted by Crippen LogP contribution is -2.47. The summed E-state index contributed by atoms with van der Waals surface area (Å²) in [6, 6.07) is -0.593. The van der Waals surface area contributed by atoms with Crippen LogP contribution in [0.3, 0.4) is 0 Å². The van der Waals surface area contributed by atoms with E-state index in [1.807, 2.05) is 13.8 Å². The Labute approximate surface area is 142 Å². The van der Waals surface area contributed by atoms with Gasteiger partial charge in [0.15, 0.2) is 6.10 Å². The van der Waals surface area contributed by atoms with Crippen LogP contribution in [0.1, 0.15) is 53.4 Å². The van der Waals surface area contributed by atoms with E-state index < -0.39 is 42.0 Å². The zero-order chi connectivity index (χ0) is 18.3. The molecule has 4 amide bonds. The fourth-order valence-electron chi connectivity index (χ4n) is 2.87. The van der Waals surface area contributed by atoms with Crippen LogP contribution < -0.4 is 10.6 Å². The molecule has 1 saturated heterocycles. The Morgan fingerprint density at radius 3 is 2.29 bits per heavy atom. The first-order valence-electron chi connectivity index (χ1n) is 8.42. The molecule has 0 saturated carbocycles. The number of urea groups is 1. The van der Waals surface area contributed by atoms with Gasteiger partial charge in [-0.1, -0.05) is 26.7 Å². The summed E-state index contributed by atoms with van der Waals surface area (Å²) in [6.07, 6.45) is 1.53. The first kappa shape index (κ1) is 19.9. The third-order valence-electron chi connectivity index (χ3n) is 3.92. The summed E-state index contributed by atoms with van der Waals surface area (Å²) in [7, 11) is 0. The lowest BCUT2D eigenvalue weighted by atomic mass is 9.88. The molecule has 8 heteroatoms. The minimum Gasteiger partial charge on any atom is -0.451 e. The molecule has 24 heavy (non-hydrogen) atoms. The number of nitrogens with zero attached hydrogens (tertiary/aromatic N) is 1. The summed E-state index contributed by atoms with van der Waals surface area (Å²) < 4.78 is 4.99. The highest BCUT2D eigenvalue weighted by Gasteiger charge is 2.50. The Kier molecular flexibility index (Phi) is 7.18. The third kappa shape index (κ3) is 4.46. The van der Waals surface area contributed by atoms with Gasteiger partial charge in [0, 0.05) is 6.54 Å². The van der Waals surface area contributed by atoms with Crippen LogP contribution in [0.2, 0.25) is 0 Å². The van der Waals surface area contributed by atoms with Gasteiger partial charge in [0.25, 0.3) is 11.8 Å². The summed E-state index contributed by atoms with van der Waals surface area (Å²) in [5.41, 5.74) is -0.938. The molecule has 0 aromatic rings. The van der Waals surface area contributed by atoms with E-state index in [1.54, 1.807) is 6.92 Å². The van der Waals surface area contributed by atoms with Crippen LogP contribution >= 0.6 is 0 Å². The second-order valence-corrected chi connectivity index (χ2v) is 5.93. The molecule has 0 radical (unpaired) electrons. The second kappa shape index (κ2) is 8.65. The molecule has 2 N–H and O–H groups in total. The van der Waals surface area contributed by atoms with E-state index in [2.05, 4.69) is 10.6 Å². The number of carbonyl (C=O) groups excluding carboxylic acids is 4. The number of ether oxygens (including phenoxy) is 1. The van der Waals surface area contributed by atoms with Crippen molar-refractivity contribution in [1.82, 2.24) is 15.5 Å². The number of imide groups is 1. The Bertz CT molecular complexity index is 500. The molecule has 0 unspecified atom stereocenters. The van der Waals surface area contributed by atoms with Gasteiger partial charge in [-0.3, -0.25) is 19.3 Å². The van der Waals surface area contributed by atoms with Gasteiger partial charge in [-0.15, -0.1) is 0 Å². The Morgan fingerprint density at radius 1 is 1.21 bits per heavy atom. The molecule has 1 atom stereocenters. The molecule has 8 nitrogen and oxygen atoms in total. The maximum Gasteiger partial charge on any atom is 0.327 e. The first-order valence-corrected chi connectivity index (χ1v) is 8.42. The summed E-state index contributed by atoms with van der Waals surface area (Å²) in [5.74, 6) is -1.62. The fraction of sp³-hybridized carbons (Fsp3) is 0.750. The summed E-state index contributed by atoms with van der Waals surface area (Å²) >= 11 is 0. The lowest BCUT2D eigenvalue weighted by Gasteiger charge is -2.25. The van der Waals surface area contributed by atoms with Crippen LogP contribution in [0.25, 0.3) is 0 Å². The number of hydrogen-bond donors (Lipinski definition) is 2. The van der Waals surface area contributed by atoms with Crippen LogP contribution in [0, 0.1) is 0 Å². The quantitative estimate of drug-likeness (QED) is 0.480. The highest BCUT2D eigenvalue weighted by molar-refractivity contribution is 6.08. The highest BCUT2D eigenvalue weighted by atomic mass is 16.5. The first-order chi connectivity index (χ1) is 11.3. The van der Waals surface area contributed by atoms with Gasteiger partial charge in [0.1, 0.15) is 12.1 Å². The highest BCUT2D eigenvalue weighted by Crippen LogP contribution is 2.27. The Balaban J connectivity index is 2.73. The van der Waals surface area contributed by atoms with Crippen molar-refractivity contribution in [3.63, 3.8) is 0 Å². The molecular weight excluding hydrogens is 314 g/mol. The fourth-order valence-corrected chi connectivity index (χ4v) is 2.87. The summed E-state index contributed by atoms with van der Waals surface area (Å²) in [4.78, 5) is 49.1. The van der Waals surface area contributed by atoms with E-state index >= 15 is 0 Å². The van der Waals surface area contributed by atoms with E-state index in [-0.39, 0.29) is 0 Å².